The molecular formula is C13H25N. The topological polar surface area (TPSA) is 3.24 Å². The molecule has 2 rings (SSSR count). The molecular weight excluding hydrogens is 170 g/mol. The van der Waals surface area contributed by atoms with E-state index in [9.17, 15) is 0 Å². The molecule has 0 aromatic heterocycles. The van der Waals surface area contributed by atoms with Crippen LogP contribution in [0, 0.1) is 11.8 Å². The van der Waals surface area contributed by atoms with Gasteiger partial charge in [0.05, 0.1) is 0 Å². The monoisotopic (exact) mass is 195 g/mol. The molecule has 1 saturated heterocycles. The summed E-state index contributed by atoms with van der Waals surface area (Å²) in [7, 11) is 0. The molecule has 0 N–H and O–H groups in total. The molecule has 0 amide bonds. The van der Waals surface area contributed by atoms with Crippen LogP contribution in [-0.4, -0.2) is 24.0 Å². The van der Waals surface area contributed by atoms with Crippen LogP contribution in [0.15, 0.2) is 0 Å². The lowest BCUT2D eigenvalue weighted by molar-refractivity contribution is 0.0889. The summed E-state index contributed by atoms with van der Waals surface area (Å²) in [5.41, 5.74) is 0. The van der Waals surface area contributed by atoms with Gasteiger partial charge in [0.25, 0.3) is 0 Å². The lowest BCUT2D eigenvalue weighted by atomic mass is 9.82. The Morgan fingerprint density at radius 1 is 0.929 bits per heavy atom. The maximum Gasteiger partial charge on any atom is 0.00387 e. The second-order valence-electron chi connectivity index (χ2n) is 5.54. The van der Waals surface area contributed by atoms with Crippen LogP contribution in [0.25, 0.3) is 0 Å². The maximum absolute atomic E-state index is 2.69. The van der Waals surface area contributed by atoms with Crippen molar-refractivity contribution in [3.8, 4) is 0 Å². The highest BCUT2D eigenvalue weighted by atomic mass is 15.2. The van der Waals surface area contributed by atoms with Crippen molar-refractivity contribution in [1.82, 2.24) is 4.90 Å². The first-order valence-corrected chi connectivity index (χ1v) is 6.51. The van der Waals surface area contributed by atoms with Gasteiger partial charge in [0.1, 0.15) is 0 Å². The zero-order valence-electron chi connectivity index (χ0n) is 9.84. The van der Waals surface area contributed by atoms with Crippen molar-refractivity contribution in [2.45, 2.75) is 58.4 Å². The van der Waals surface area contributed by atoms with Crippen LogP contribution < -0.4 is 0 Å². The first-order chi connectivity index (χ1) is 6.77. The van der Waals surface area contributed by atoms with Gasteiger partial charge in [-0.1, -0.05) is 25.7 Å². The molecule has 0 aromatic carbocycles. The summed E-state index contributed by atoms with van der Waals surface area (Å²) < 4.78 is 0. The summed E-state index contributed by atoms with van der Waals surface area (Å²) in [4.78, 5) is 2.69. The first kappa shape index (κ1) is 10.5. The average Bonchev–Trinajstić information content (AvgIpc) is 2.41. The van der Waals surface area contributed by atoms with Crippen LogP contribution in [0.5, 0.6) is 0 Å². The van der Waals surface area contributed by atoms with E-state index in [0.717, 1.165) is 17.9 Å². The van der Waals surface area contributed by atoms with Gasteiger partial charge in [-0.05, 0) is 45.1 Å². The van der Waals surface area contributed by atoms with E-state index in [-0.39, 0.29) is 0 Å². The van der Waals surface area contributed by atoms with E-state index in [1.54, 1.807) is 0 Å². The smallest absolute Gasteiger partial charge is 0.00387 e. The summed E-state index contributed by atoms with van der Waals surface area (Å²) in [5.74, 6) is 2.11. The highest BCUT2D eigenvalue weighted by molar-refractivity contribution is 4.83. The highest BCUT2D eigenvalue weighted by Crippen LogP contribution is 2.35. The van der Waals surface area contributed by atoms with Crippen molar-refractivity contribution in [3.05, 3.63) is 0 Å². The summed E-state index contributed by atoms with van der Waals surface area (Å²) in [6.07, 6.45) is 9.00. The number of nitrogens with zero attached hydrogens (tertiary/aromatic N) is 1. The fourth-order valence-electron chi connectivity index (χ4n) is 3.27. The van der Waals surface area contributed by atoms with Crippen LogP contribution in [-0.2, 0) is 0 Å². The Labute approximate surface area is 88.9 Å². The Bertz CT molecular complexity index is 176. The van der Waals surface area contributed by atoms with Crippen molar-refractivity contribution in [3.63, 3.8) is 0 Å². The molecule has 1 aliphatic carbocycles. The van der Waals surface area contributed by atoms with Gasteiger partial charge < -0.3 is 4.90 Å². The van der Waals surface area contributed by atoms with Gasteiger partial charge in [-0.25, -0.2) is 0 Å². The lowest BCUT2D eigenvalue weighted by Gasteiger charge is -2.40. The van der Waals surface area contributed by atoms with E-state index in [2.05, 4.69) is 18.7 Å². The fourth-order valence-corrected chi connectivity index (χ4v) is 3.27. The number of likely N-dealkylation sites (tertiary alicyclic amines) is 1. The van der Waals surface area contributed by atoms with Crippen molar-refractivity contribution in [1.29, 1.82) is 0 Å². The predicted molar refractivity (Wildman–Crippen MR) is 61.4 cm³/mol. The molecule has 1 nitrogen and oxygen atoms in total. The summed E-state index contributed by atoms with van der Waals surface area (Å²) in [5, 5.41) is 0. The minimum Gasteiger partial charge on any atom is -0.301 e. The number of hydrogen-bond acceptors (Lipinski definition) is 1. The summed E-state index contributed by atoms with van der Waals surface area (Å²) in [6.45, 7) is 7.44. The Morgan fingerprint density at radius 2 is 1.64 bits per heavy atom. The molecule has 2 atom stereocenters. The van der Waals surface area contributed by atoms with Crippen molar-refractivity contribution >= 4 is 0 Å². The van der Waals surface area contributed by atoms with E-state index in [1.165, 1.54) is 51.6 Å². The Morgan fingerprint density at radius 3 is 2.36 bits per heavy atom. The largest absolute Gasteiger partial charge is 0.301 e. The number of rotatable bonds is 1. The number of piperidine rings is 1. The minimum absolute atomic E-state index is 0.763. The third kappa shape index (κ3) is 2.31. The molecule has 0 bridgehead atoms. The molecule has 14 heavy (non-hydrogen) atoms. The second-order valence-corrected chi connectivity index (χ2v) is 5.54. The Balaban J connectivity index is 1.93. The van der Waals surface area contributed by atoms with Gasteiger partial charge in [-0.15, -0.1) is 0 Å². The Hall–Kier alpha value is -0.0400. The van der Waals surface area contributed by atoms with Crippen LogP contribution in [0.4, 0.5) is 0 Å². The third-order valence-electron chi connectivity index (χ3n) is 4.30. The predicted octanol–water partition coefficient (Wildman–Crippen LogP) is 3.30. The number of fused-ring (bicyclic) bond motifs is 1. The maximum atomic E-state index is 2.69. The molecule has 0 radical (unpaired) electrons. The van der Waals surface area contributed by atoms with Gasteiger partial charge in [0.2, 0.25) is 0 Å². The van der Waals surface area contributed by atoms with Gasteiger partial charge in [0, 0.05) is 12.6 Å². The molecule has 0 aromatic rings. The third-order valence-corrected chi connectivity index (χ3v) is 4.30. The molecule has 2 aliphatic rings. The first-order valence-electron chi connectivity index (χ1n) is 6.51. The van der Waals surface area contributed by atoms with Crippen molar-refractivity contribution in [2.75, 3.05) is 13.1 Å². The molecule has 2 unspecified atom stereocenters. The van der Waals surface area contributed by atoms with E-state index in [1.807, 2.05) is 0 Å². The quantitative estimate of drug-likeness (QED) is 0.620. The fraction of sp³-hybridized carbons (Fsp3) is 1.00. The molecule has 1 saturated carbocycles. The normalized spacial score (nSPS) is 35.4. The lowest BCUT2D eigenvalue weighted by Crippen LogP contribution is -2.43. The highest BCUT2D eigenvalue weighted by Gasteiger charge is 2.30. The zero-order valence-corrected chi connectivity index (χ0v) is 9.84. The van der Waals surface area contributed by atoms with Gasteiger partial charge in [0.15, 0.2) is 0 Å². The van der Waals surface area contributed by atoms with Crippen LogP contribution in [0.3, 0.4) is 0 Å². The SMILES string of the molecule is CC(C)N1CCC2CCCCCC2C1. The standard InChI is InChI=1S/C13H25N/c1-11(2)14-9-8-12-6-4-3-5-7-13(12)10-14/h11-13H,3-10H2,1-2H3. The van der Waals surface area contributed by atoms with E-state index < -0.39 is 0 Å². The molecule has 82 valence electrons. The zero-order chi connectivity index (χ0) is 9.97. The van der Waals surface area contributed by atoms with Crippen LogP contribution in [0.1, 0.15) is 52.4 Å². The second kappa shape index (κ2) is 4.65. The summed E-state index contributed by atoms with van der Waals surface area (Å²) >= 11 is 0. The van der Waals surface area contributed by atoms with Crippen LogP contribution in [0.2, 0.25) is 0 Å². The van der Waals surface area contributed by atoms with Gasteiger partial charge in [-0.2, -0.15) is 0 Å². The Kier molecular flexibility index (Phi) is 3.48. The van der Waals surface area contributed by atoms with Gasteiger partial charge in [-0.3, -0.25) is 0 Å². The molecule has 0 spiro atoms. The molecule has 2 fully saturated rings. The van der Waals surface area contributed by atoms with Crippen molar-refractivity contribution < 1.29 is 0 Å². The molecule has 1 heteroatoms. The van der Waals surface area contributed by atoms with Crippen LogP contribution >= 0.6 is 0 Å². The van der Waals surface area contributed by atoms with E-state index >= 15 is 0 Å². The molecule has 1 heterocycles. The van der Waals surface area contributed by atoms with E-state index in [4.69, 9.17) is 0 Å². The molecule has 1 aliphatic heterocycles. The van der Waals surface area contributed by atoms with Gasteiger partial charge >= 0.3 is 0 Å². The van der Waals surface area contributed by atoms with Crippen molar-refractivity contribution in [2.24, 2.45) is 11.8 Å². The average molecular weight is 195 g/mol. The minimum atomic E-state index is 0.763. The van der Waals surface area contributed by atoms with E-state index in [0.29, 0.717) is 0 Å². The summed E-state index contributed by atoms with van der Waals surface area (Å²) in [6, 6.07) is 0.763. The number of hydrogen-bond donors (Lipinski definition) is 0.